The molecule has 0 fully saturated rings. The first-order chi connectivity index (χ1) is 10.4. The van der Waals surface area contributed by atoms with E-state index >= 15 is 0 Å². The SMILES string of the molecule is CCN(CC)C(=O)[Se]/C=C(/[Se]C(=O)N(CC)CC)C(=O)OC. The van der Waals surface area contributed by atoms with Gasteiger partial charge in [-0.25, -0.2) is 0 Å². The molecule has 0 spiro atoms. The van der Waals surface area contributed by atoms with Crippen molar-refractivity contribution >= 4 is 45.5 Å². The van der Waals surface area contributed by atoms with Gasteiger partial charge in [-0.3, -0.25) is 0 Å². The van der Waals surface area contributed by atoms with Crippen molar-refractivity contribution in [2.24, 2.45) is 0 Å². The molecular formula is C14H24N2O4Se2. The van der Waals surface area contributed by atoms with Crippen LogP contribution in [-0.2, 0) is 9.53 Å². The number of rotatable bonds is 9. The Morgan fingerprint density at radius 1 is 0.909 bits per heavy atom. The third-order valence-corrected chi connectivity index (χ3v) is 7.32. The van der Waals surface area contributed by atoms with Crippen molar-refractivity contribution in [3.05, 3.63) is 9.45 Å². The number of esters is 1. The molecule has 0 aliphatic heterocycles. The Bertz CT molecular complexity index is 419. The summed E-state index contributed by atoms with van der Waals surface area (Å²) in [5, 5.41) is 0. The molecular weight excluding hydrogens is 418 g/mol. The fourth-order valence-corrected chi connectivity index (χ4v) is 5.71. The number of carbonyl (C=O) groups excluding carboxylic acids is 3. The van der Waals surface area contributed by atoms with Crippen LogP contribution < -0.4 is 0 Å². The van der Waals surface area contributed by atoms with E-state index in [1.807, 2.05) is 27.7 Å². The van der Waals surface area contributed by atoms with Crippen LogP contribution in [0.2, 0.25) is 0 Å². The summed E-state index contributed by atoms with van der Waals surface area (Å²) in [6.45, 7) is 10.1. The summed E-state index contributed by atoms with van der Waals surface area (Å²) in [5.74, 6) is -0.519. The summed E-state index contributed by atoms with van der Waals surface area (Å²) in [7, 11) is 1.29. The van der Waals surface area contributed by atoms with E-state index in [1.165, 1.54) is 7.11 Å². The zero-order valence-electron chi connectivity index (χ0n) is 13.7. The molecule has 0 aromatic rings. The van der Waals surface area contributed by atoms with E-state index in [1.54, 1.807) is 14.8 Å². The first-order valence-electron chi connectivity index (χ1n) is 7.15. The van der Waals surface area contributed by atoms with Crippen molar-refractivity contribution in [2.45, 2.75) is 27.7 Å². The van der Waals surface area contributed by atoms with E-state index < -0.39 is 35.9 Å². The number of amides is 2. The Hall–Kier alpha value is -0.811. The van der Waals surface area contributed by atoms with Gasteiger partial charge in [0.25, 0.3) is 0 Å². The van der Waals surface area contributed by atoms with Gasteiger partial charge in [0.2, 0.25) is 0 Å². The molecule has 0 aliphatic rings. The van der Waals surface area contributed by atoms with Crippen LogP contribution in [0.15, 0.2) is 9.45 Å². The van der Waals surface area contributed by atoms with Gasteiger partial charge in [0.05, 0.1) is 0 Å². The van der Waals surface area contributed by atoms with Gasteiger partial charge in [-0.15, -0.1) is 0 Å². The number of nitrogens with zero attached hydrogens (tertiary/aromatic N) is 2. The van der Waals surface area contributed by atoms with Crippen LogP contribution in [0.25, 0.3) is 0 Å². The molecule has 0 saturated carbocycles. The van der Waals surface area contributed by atoms with Gasteiger partial charge < -0.3 is 0 Å². The Morgan fingerprint density at radius 2 is 1.36 bits per heavy atom. The average Bonchev–Trinajstić information content (AvgIpc) is 2.52. The van der Waals surface area contributed by atoms with Crippen molar-refractivity contribution in [3.63, 3.8) is 0 Å². The standard InChI is InChI=1S/C14H24N2O4Se2/c1-6-15(7-2)13(18)21-10-11(12(17)20-5)22-14(19)16(8-3)9-4/h10H,6-9H2,1-5H3/b11-10+. The second-order valence-corrected chi connectivity index (χ2v) is 7.88. The zero-order chi connectivity index (χ0) is 17.1. The molecule has 6 nitrogen and oxygen atoms in total. The van der Waals surface area contributed by atoms with Crippen molar-refractivity contribution < 1.29 is 19.1 Å². The molecule has 0 saturated heterocycles. The van der Waals surface area contributed by atoms with Gasteiger partial charge >= 0.3 is 145 Å². The third kappa shape index (κ3) is 6.97. The fourth-order valence-electron chi connectivity index (χ4n) is 1.52. The van der Waals surface area contributed by atoms with Crippen LogP contribution in [0.4, 0.5) is 9.59 Å². The Labute approximate surface area is 144 Å². The Kier molecular flexibility index (Phi) is 11.3. The summed E-state index contributed by atoms with van der Waals surface area (Å²) in [4.78, 5) is 40.9. The van der Waals surface area contributed by atoms with Crippen LogP contribution in [-0.4, -0.2) is 88.6 Å². The molecule has 0 bridgehead atoms. The normalized spacial score (nSPS) is 11.0. The van der Waals surface area contributed by atoms with Crippen LogP contribution in [0.1, 0.15) is 27.7 Å². The molecule has 0 radical (unpaired) electrons. The first-order valence-corrected chi connectivity index (χ1v) is 10.7. The third-order valence-electron chi connectivity index (χ3n) is 2.89. The monoisotopic (exact) mass is 444 g/mol. The van der Waals surface area contributed by atoms with E-state index in [0.29, 0.717) is 30.7 Å². The maximum absolute atomic E-state index is 12.1. The van der Waals surface area contributed by atoms with Crippen molar-refractivity contribution in [1.82, 2.24) is 9.80 Å². The average molecular weight is 442 g/mol. The van der Waals surface area contributed by atoms with E-state index in [2.05, 4.69) is 0 Å². The molecule has 0 unspecified atom stereocenters. The second kappa shape index (κ2) is 11.7. The summed E-state index contributed by atoms with van der Waals surface area (Å²) in [6.07, 6.45) is 0. The van der Waals surface area contributed by atoms with E-state index in [0.717, 1.165) is 0 Å². The molecule has 126 valence electrons. The number of hydrogen-bond donors (Lipinski definition) is 0. The summed E-state index contributed by atoms with van der Waals surface area (Å²) in [5.41, 5.74) is 0. The summed E-state index contributed by atoms with van der Waals surface area (Å²) < 4.78 is 5.05. The summed E-state index contributed by atoms with van der Waals surface area (Å²) in [6, 6.07) is 0. The molecule has 0 aromatic heterocycles. The second-order valence-electron chi connectivity index (χ2n) is 4.07. The predicted octanol–water partition coefficient (Wildman–Crippen LogP) is 1.33. The van der Waals surface area contributed by atoms with Crippen LogP contribution >= 0.6 is 0 Å². The Morgan fingerprint density at radius 3 is 1.77 bits per heavy atom. The van der Waals surface area contributed by atoms with Crippen LogP contribution in [0, 0.1) is 0 Å². The minimum absolute atomic E-state index is 0.00462. The van der Waals surface area contributed by atoms with Crippen molar-refractivity contribution in [2.75, 3.05) is 33.3 Å². The first kappa shape index (κ1) is 21.2. The molecule has 2 amide bonds. The number of carbonyl (C=O) groups is 3. The topological polar surface area (TPSA) is 66.9 Å². The van der Waals surface area contributed by atoms with Gasteiger partial charge in [-0.05, 0) is 0 Å². The van der Waals surface area contributed by atoms with Crippen molar-refractivity contribution in [3.8, 4) is 0 Å². The number of ether oxygens (including phenoxy) is 1. The van der Waals surface area contributed by atoms with Gasteiger partial charge in [-0.2, -0.15) is 0 Å². The molecule has 8 heteroatoms. The Balaban J connectivity index is 4.98. The van der Waals surface area contributed by atoms with Gasteiger partial charge in [0, 0.05) is 0 Å². The zero-order valence-corrected chi connectivity index (χ0v) is 17.2. The van der Waals surface area contributed by atoms with Gasteiger partial charge in [-0.1, -0.05) is 0 Å². The number of hydrogen-bond acceptors (Lipinski definition) is 4. The quantitative estimate of drug-likeness (QED) is 0.307. The molecule has 0 atom stereocenters. The minimum atomic E-state index is -0.662. The fraction of sp³-hybridized carbons (Fsp3) is 0.643. The molecule has 0 heterocycles. The van der Waals surface area contributed by atoms with E-state index in [4.69, 9.17) is 4.74 Å². The molecule has 22 heavy (non-hydrogen) atoms. The maximum atomic E-state index is 12.1. The van der Waals surface area contributed by atoms with E-state index in [-0.39, 0.29) is 9.61 Å². The summed E-state index contributed by atoms with van der Waals surface area (Å²) >= 11 is -1.16. The van der Waals surface area contributed by atoms with Crippen molar-refractivity contribution in [1.29, 1.82) is 0 Å². The molecule has 0 aliphatic carbocycles. The molecule has 0 rings (SSSR count). The molecule has 0 aromatic carbocycles. The van der Waals surface area contributed by atoms with E-state index in [9.17, 15) is 14.4 Å². The van der Waals surface area contributed by atoms with Crippen LogP contribution in [0.5, 0.6) is 0 Å². The van der Waals surface area contributed by atoms with Gasteiger partial charge in [0.1, 0.15) is 0 Å². The molecule has 0 N–H and O–H groups in total. The predicted molar refractivity (Wildman–Crippen MR) is 88.2 cm³/mol. The number of methoxy groups -OCH3 is 1. The van der Waals surface area contributed by atoms with Gasteiger partial charge in [0.15, 0.2) is 0 Å². The van der Waals surface area contributed by atoms with Crippen LogP contribution in [0.3, 0.4) is 0 Å².